The SMILES string of the molecule is NCCOCCOCCOCCOCCNc1cccc2c1C(=O)N(C1CCC(=O)NC1=O)C2=O.Nc1ncnc2c1ccn2[C@@H]1O[C@H]([C@H](O)c2ccc(Cl)c(OCC(=O)NCCOCCOCCOCCOCCNc3cccc4c3C(=O)N(C3CCC(=O)NC3=O)C4=O)c2)[C@@H](O)[C@H]1O.Nc1ncnc2c1ccn2[C@@H]1O[C@H]([C@H](O)c2ccc(Cl)c(OCC(=O)O)c2)[C@@H](O)[C@H]1O. The van der Waals surface area contributed by atoms with E-state index in [0.29, 0.717) is 146 Å². The van der Waals surface area contributed by atoms with Gasteiger partial charge < -0.3 is 135 Å². The molecule has 8 aromatic rings. The van der Waals surface area contributed by atoms with Gasteiger partial charge >= 0.3 is 5.97 Å². The smallest absolute Gasteiger partial charge is 0.341 e. The van der Waals surface area contributed by atoms with Gasteiger partial charge in [-0.05, 0) is 84.6 Å². The number of amides is 9. The Hall–Kier alpha value is -11.7. The largest absolute Gasteiger partial charge is 0.482 e. The third-order valence-corrected chi connectivity index (χ3v) is 21.9. The Morgan fingerprint density at radius 2 is 0.870 bits per heavy atom. The van der Waals surface area contributed by atoms with Crippen LogP contribution in [0, 0.1) is 0 Å². The molecule has 18 N–H and O–H groups in total. The van der Waals surface area contributed by atoms with Crippen LogP contribution in [0.25, 0.3) is 22.1 Å². The fraction of sp³-hybridized carbons (Fsp3) is 0.452. The first-order chi connectivity index (χ1) is 63.3. The molecule has 4 aromatic carbocycles. The van der Waals surface area contributed by atoms with E-state index in [1.165, 1.54) is 64.3 Å². The van der Waals surface area contributed by atoms with Gasteiger partial charge in [-0.1, -0.05) is 47.5 Å². The summed E-state index contributed by atoms with van der Waals surface area (Å²) in [7, 11) is 0. The second-order valence-corrected chi connectivity index (χ2v) is 30.7. The number of carboxylic acid groups (broad SMARTS) is 1. The van der Waals surface area contributed by atoms with Gasteiger partial charge in [-0.3, -0.25) is 63.6 Å². The summed E-state index contributed by atoms with van der Waals surface area (Å²) in [6, 6.07) is 19.7. The molecule has 0 aliphatic carbocycles. The number of rotatable bonds is 45. The number of ether oxygens (including phenoxy) is 12. The lowest BCUT2D eigenvalue weighted by atomic mass is 9.99. The number of aliphatic hydroxyl groups is 6. The number of nitrogens with two attached hydrogens (primary N) is 3. The maximum Gasteiger partial charge on any atom is 0.341 e. The number of aliphatic hydroxyl groups excluding tert-OH is 6. The van der Waals surface area contributed by atoms with E-state index in [0.717, 1.165) is 9.80 Å². The number of halogens is 2. The predicted octanol–water partition coefficient (Wildman–Crippen LogP) is 0.102. The zero-order valence-corrected chi connectivity index (χ0v) is 71.9. The normalized spacial score (nSPS) is 21.0. The number of nitrogens with zero attached hydrogens (tertiary/aromatic N) is 8. The van der Waals surface area contributed by atoms with Gasteiger partial charge in [-0.25, -0.2) is 24.7 Å². The van der Waals surface area contributed by atoms with Crippen LogP contribution in [0.1, 0.15) is 103 Å². The summed E-state index contributed by atoms with van der Waals surface area (Å²) in [6.45, 7) is 6.47. The van der Waals surface area contributed by atoms with E-state index < -0.39 is 139 Å². The molecule has 704 valence electrons. The first kappa shape index (κ1) is 98.4. The molecule has 9 amide bonds. The molecule has 131 heavy (non-hydrogen) atoms. The maximum atomic E-state index is 13.2. The zero-order valence-electron chi connectivity index (χ0n) is 70.4. The van der Waals surface area contributed by atoms with E-state index in [2.05, 4.69) is 46.5 Å². The molecular formula is C84H100Cl2N16O29. The standard InChI is InChI=1S/C42H49ClN8O14.C23H32N4O8.C19H19ClN4O7/c43-26-5-4-23(33(54)36-34(55)35(56)42(65-36)50-11-8-25-37(44)47-22-48-38(25)50)20-29(26)64-21-31(53)46-10-13-61-15-17-63-19-18-62-16-14-60-12-9-45-27-3-1-2-24-32(27)41(59)51(40(24)58)28-6-7-30(52)49-39(28)57;24-6-8-32-10-12-34-14-15-35-13-11-33-9-7-25-17-3-1-2-16-20(17)23(31)27(22(16)30)18-4-5-19(28)26-21(18)29;20-10-2-1-8(5-11(10)30-6-12(25)26)13(27)16-14(28)15(29)19(31-16)24-4-3-9-17(21)22-7-23-18(9)24/h1-5,8,11,20,22,28,33-36,42,45,54-56H,6-7,9-10,12-19,21H2,(H,46,53)(H2,44,47,48)(H,49,52,57);1-3,18,25H,4-15,24H2,(H,26,28,29);1-5,7,13-16,19,27-29H,6H2,(H,25,26)(H2,21,22,23)/t28?,33-,34+,35-,36-,42-;;13-,14+,15-,16-,19-/m1.1/s1. The van der Waals surface area contributed by atoms with Gasteiger partial charge in [-0.2, -0.15) is 0 Å². The second-order valence-electron chi connectivity index (χ2n) is 29.9. The minimum Gasteiger partial charge on any atom is -0.482 e. The minimum absolute atomic E-state index is 0.0421. The fourth-order valence-corrected chi connectivity index (χ4v) is 15.1. The van der Waals surface area contributed by atoms with E-state index >= 15 is 0 Å². The van der Waals surface area contributed by atoms with E-state index in [9.17, 15) is 78.6 Å². The number of hydrogen-bond acceptors (Lipinski definition) is 37. The number of fused-ring (bicyclic) bond motifs is 4. The van der Waals surface area contributed by atoms with Gasteiger partial charge in [0.1, 0.15) is 108 Å². The van der Waals surface area contributed by atoms with Crippen molar-refractivity contribution in [2.24, 2.45) is 5.73 Å². The van der Waals surface area contributed by atoms with E-state index in [-0.39, 0.29) is 119 Å². The number of aromatic nitrogens is 6. The number of aliphatic carboxylic acids is 1. The number of nitrogens with one attached hydrogen (secondary N) is 5. The minimum atomic E-state index is -1.47. The van der Waals surface area contributed by atoms with Crippen LogP contribution in [0.2, 0.25) is 10.0 Å². The summed E-state index contributed by atoms with van der Waals surface area (Å²) in [4.78, 5) is 141. The molecule has 14 rings (SSSR count). The van der Waals surface area contributed by atoms with E-state index in [1.807, 2.05) is 0 Å². The molecule has 2 unspecified atom stereocenters. The lowest BCUT2D eigenvalue weighted by Gasteiger charge is -2.27. The van der Waals surface area contributed by atoms with Crippen molar-refractivity contribution in [2.45, 2.75) is 99.1 Å². The number of hydrogen-bond donors (Lipinski definition) is 15. The van der Waals surface area contributed by atoms with Crippen LogP contribution in [-0.2, 0) is 76.1 Å². The number of anilines is 4. The molecule has 6 aliphatic rings. The van der Waals surface area contributed by atoms with Crippen molar-refractivity contribution in [1.82, 2.24) is 54.8 Å². The Labute approximate surface area is 756 Å². The molecule has 0 spiro atoms. The van der Waals surface area contributed by atoms with Crippen LogP contribution in [0.15, 0.2) is 110 Å². The quantitative estimate of drug-likeness (QED) is 0.0178. The molecule has 0 radical (unpaired) electrons. The average molecular weight is 1870 g/mol. The molecule has 47 heteroatoms. The first-order valence-electron chi connectivity index (χ1n) is 41.6. The summed E-state index contributed by atoms with van der Waals surface area (Å²) in [6.07, 6.45) is -7.01. The van der Waals surface area contributed by atoms with Gasteiger partial charge in [0.15, 0.2) is 25.7 Å². The fourth-order valence-electron chi connectivity index (χ4n) is 14.8. The second kappa shape index (κ2) is 47.4. The molecule has 45 nitrogen and oxygen atoms in total. The molecular weight excluding hydrogens is 1770 g/mol. The van der Waals surface area contributed by atoms with Gasteiger partial charge in [0.25, 0.3) is 29.5 Å². The highest BCUT2D eigenvalue weighted by Crippen LogP contribution is 2.43. The molecule has 4 saturated heterocycles. The maximum absolute atomic E-state index is 13.2. The Kier molecular flexibility index (Phi) is 35.6. The Morgan fingerprint density at radius 1 is 0.489 bits per heavy atom. The molecule has 10 heterocycles. The molecule has 12 atom stereocenters. The highest BCUT2D eigenvalue weighted by molar-refractivity contribution is 6.32. The van der Waals surface area contributed by atoms with Crippen LogP contribution in [0.5, 0.6) is 11.5 Å². The van der Waals surface area contributed by atoms with Crippen molar-refractivity contribution in [1.29, 1.82) is 0 Å². The Balaban J connectivity index is 0.000000197. The van der Waals surface area contributed by atoms with Crippen molar-refractivity contribution < 1.29 is 141 Å². The number of nitrogen functional groups attached to an aromatic ring is 2. The molecule has 0 bridgehead atoms. The first-order valence-corrected chi connectivity index (χ1v) is 42.4. The summed E-state index contributed by atoms with van der Waals surface area (Å²) < 4.78 is 69.1. The zero-order chi connectivity index (χ0) is 93.4. The average Bonchev–Trinajstić information content (AvgIpc) is 1.63. The van der Waals surface area contributed by atoms with E-state index in [4.69, 9.17) is 102 Å². The summed E-state index contributed by atoms with van der Waals surface area (Å²) in [5, 5.41) is 88.2. The van der Waals surface area contributed by atoms with Crippen molar-refractivity contribution in [2.75, 3.05) is 167 Å². The molecule has 4 aromatic heterocycles. The summed E-state index contributed by atoms with van der Waals surface area (Å²) in [5.74, 6) is -5.38. The summed E-state index contributed by atoms with van der Waals surface area (Å²) in [5.41, 5.74) is 20.1. The van der Waals surface area contributed by atoms with Crippen LogP contribution in [-0.4, -0.2) is 328 Å². The topological polar surface area (TPSA) is 629 Å². The molecule has 6 aliphatic heterocycles. The Bertz CT molecular complexity index is 5370. The van der Waals surface area contributed by atoms with Crippen LogP contribution < -0.4 is 53.3 Å². The van der Waals surface area contributed by atoms with Crippen molar-refractivity contribution in [3.05, 3.63) is 153 Å². The van der Waals surface area contributed by atoms with Crippen LogP contribution >= 0.6 is 23.2 Å². The summed E-state index contributed by atoms with van der Waals surface area (Å²) >= 11 is 12.3. The highest BCUT2D eigenvalue weighted by atomic mass is 35.5. The van der Waals surface area contributed by atoms with Crippen LogP contribution in [0.3, 0.4) is 0 Å². The Morgan fingerprint density at radius 3 is 1.26 bits per heavy atom. The van der Waals surface area contributed by atoms with Gasteiger partial charge in [-0.15, -0.1) is 0 Å². The lowest BCUT2D eigenvalue weighted by Crippen LogP contribution is -2.54. The number of piperidine rings is 2. The lowest BCUT2D eigenvalue weighted by molar-refractivity contribution is -0.139. The van der Waals surface area contributed by atoms with Gasteiger partial charge in [0, 0.05) is 62.8 Å². The molecule has 4 fully saturated rings. The highest BCUT2D eigenvalue weighted by Gasteiger charge is 2.51. The van der Waals surface area contributed by atoms with Gasteiger partial charge in [0.2, 0.25) is 23.6 Å². The third-order valence-electron chi connectivity index (χ3n) is 21.2. The van der Waals surface area contributed by atoms with Crippen molar-refractivity contribution in [3.8, 4) is 11.5 Å². The number of carbonyl (C=O) groups is 10. The number of carbonyl (C=O) groups excluding carboxylic acids is 9. The van der Waals surface area contributed by atoms with E-state index in [1.54, 1.807) is 54.9 Å². The third kappa shape index (κ3) is 24.6. The number of carboxylic acids is 1. The number of imide groups is 4. The molecule has 0 saturated carbocycles. The van der Waals surface area contributed by atoms with Crippen molar-refractivity contribution >= 4 is 127 Å². The number of benzene rings is 4. The van der Waals surface area contributed by atoms with Crippen molar-refractivity contribution in [3.63, 3.8) is 0 Å². The monoisotopic (exact) mass is 1870 g/mol. The van der Waals surface area contributed by atoms with Crippen LogP contribution in [0.4, 0.5) is 23.0 Å². The predicted molar refractivity (Wildman–Crippen MR) is 459 cm³/mol. The van der Waals surface area contributed by atoms with Gasteiger partial charge in [0.05, 0.1) is 149 Å².